The van der Waals surface area contributed by atoms with E-state index in [1.54, 1.807) is 0 Å². The summed E-state index contributed by atoms with van der Waals surface area (Å²) >= 11 is 0. The van der Waals surface area contributed by atoms with E-state index in [1.807, 2.05) is 81.4 Å². The second-order valence-corrected chi connectivity index (χ2v) is 6.91. The van der Waals surface area contributed by atoms with Crippen molar-refractivity contribution in [2.24, 2.45) is 0 Å². The van der Waals surface area contributed by atoms with Crippen LogP contribution in [0.15, 0.2) is 60.7 Å². The SMILES string of the molecule is CC(C)(C)OC(=O)NC(CC#N)C(c1ccccc1)c1ccccc1. The van der Waals surface area contributed by atoms with E-state index < -0.39 is 11.7 Å². The highest BCUT2D eigenvalue weighted by atomic mass is 16.6. The molecule has 2 aromatic carbocycles. The Bertz CT molecular complexity index is 676. The Morgan fingerprint density at radius 3 is 1.92 bits per heavy atom. The molecule has 1 atom stereocenters. The van der Waals surface area contributed by atoms with Crippen LogP contribution < -0.4 is 5.32 Å². The van der Waals surface area contributed by atoms with E-state index in [2.05, 4.69) is 11.4 Å². The first-order chi connectivity index (χ1) is 11.9. The molecule has 0 saturated heterocycles. The first-order valence-electron chi connectivity index (χ1n) is 8.37. The highest BCUT2D eigenvalue weighted by Gasteiger charge is 2.28. The molecule has 0 spiro atoms. The molecule has 0 fully saturated rings. The quantitative estimate of drug-likeness (QED) is 0.866. The summed E-state index contributed by atoms with van der Waals surface area (Å²) in [6, 6.07) is 21.6. The molecule has 4 heteroatoms. The number of nitrogens with one attached hydrogen (secondary N) is 1. The fraction of sp³-hybridized carbons (Fsp3) is 0.333. The Morgan fingerprint density at radius 2 is 1.52 bits per heavy atom. The number of rotatable bonds is 5. The minimum absolute atomic E-state index is 0.130. The second-order valence-electron chi connectivity index (χ2n) is 6.91. The summed E-state index contributed by atoms with van der Waals surface area (Å²) < 4.78 is 5.38. The number of carbonyl (C=O) groups excluding carboxylic acids is 1. The number of alkyl carbamates (subject to hydrolysis) is 1. The van der Waals surface area contributed by atoms with Gasteiger partial charge >= 0.3 is 6.09 Å². The van der Waals surface area contributed by atoms with Gasteiger partial charge in [0.1, 0.15) is 5.60 Å². The molecule has 0 aliphatic heterocycles. The van der Waals surface area contributed by atoms with Gasteiger partial charge in [-0.3, -0.25) is 0 Å². The highest BCUT2D eigenvalue weighted by Crippen LogP contribution is 2.29. The minimum atomic E-state index is -0.587. The standard InChI is InChI=1S/C21H24N2O2/c1-21(2,3)25-20(24)23-18(14-15-22)19(16-10-6-4-7-11-16)17-12-8-5-9-13-17/h4-13,18-19H,14H2,1-3H3,(H,23,24). The van der Waals surface area contributed by atoms with Gasteiger partial charge in [0, 0.05) is 5.92 Å². The monoisotopic (exact) mass is 336 g/mol. The van der Waals surface area contributed by atoms with Crippen LogP contribution in [0.3, 0.4) is 0 Å². The number of carbonyl (C=O) groups is 1. The molecular formula is C21H24N2O2. The maximum absolute atomic E-state index is 12.3. The Morgan fingerprint density at radius 1 is 1.04 bits per heavy atom. The molecule has 1 unspecified atom stereocenters. The van der Waals surface area contributed by atoms with E-state index in [9.17, 15) is 10.1 Å². The normalized spacial score (nSPS) is 12.3. The van der Waals surface area contributed by atoms with Crippen LogP contribution in [-0.2, 0) is 4.74 Å². The van der Waals surface area contributed by atoms with Crippen molar-refractivity contribution >= 4 is 6.09 Å². The van der Waals surface area contributed by atoms with Gasteiger partial charge in [-0.05, 0) is 31.9 Å². The summed E-state index contributed by atoms with van der Waals surface area (Å²) in [7, 11) is 0. The lowest BCUT2D eigenvalue weighted by atomic mass is 9.84. The van der Waals surface area contributed by atoms with Crippen LogP contribution in [0.1, 0.15) is 44.2 Å². The maximum atomic E-state index is 12.3. The molecule has 0 aliphatic carbocycles. The fourth-order valence-electron chi connectivity index (χ4n) is 2.79. The van der Waals surface area contributed by atoms with Gasteiger partial charge in [0.25, 0.3) is 0 Å². The van der Waals surface area contributed by atoms with Gasteiger partial charge in [-0.2, -0.15) is 5.26 Å². The fourth-order valence-corrected chi connectivity index (χ4v) is 2.79. The highest BCUT2D eigenvalue weighted by molar-refractivity contribution is 5.68. The number of hydrogen-bond donors (Lipinski definition) is 1. The van der Waals surface area contributed by atoms with Crippen molar-refractivity contribution in [1.82, 2.24) is 5.32 Å². The molecule has 130 valence electrons. The van der Waals surface area contributed by atoms with E-state index in [4.69, 9.17) is 4.74 Å². The third-order valence-electron chi connectivity index (χ3n) is 3.73. The van der Waals surface area contributed by atoms with E-state index >= 15 is 0 Å². The summed E-state index contributed by atoms with van der Waals surface area (Å²) in [5.74, 6) is -0.130. The first kappa shape index (κ1) is 18.5. The summed E-state index contributed by atoms with van der Waals surface area (Å²) in [6.07, 6.45) is -0.321. The molecule has 1 N–H and O–H groups in total. The Labute approximate surface area is 149 Å². The topological polar surface area (TPSA) is 62.1 Å². The van der Waals surface area contributed by atoms with Crippen molar-refractivity contribution in [3.8, 4) is 6.07 Å². The molecule has 0 saturated carbocycles. The van der Waals surface area contributed by atoms with Crippen molar-refractivity contribution in [2.45, 2.75) is 44.8 Å². The number of ether oxygens (including phenoxy) is 1. The average Bonchev–Trinajstić information content (AvgIpc) is 2.55. The zero-order valence-corrected chi connectivity index (χ0v) is 14.9. The maximum Gasteiger partial charge on any atom is 0.407 e. The van der Waals surface area contributed by atoms with Crippen LogP contribution in [0.5, 0.6) is 0 Å². The van der Waals surface area contributed by atoms with Crippen LogP contribution in [0.25, 0.3) is 0 Å². The molecule has 25 heavy (non-hydrogen) atoms. The zero-order valence-electron chi connectivity index (χ0n) is 14.9. The van der Waals surface area contributed by atoms with Crippen molar-refractivity contribution in [2.75, 3.05) is 0 Å². The summed E-state index contributed by atoms with van der Waals surface area (Å²) in [5, 5.41) is 12.2. The summed E-state index contributed by atoms with van der Waals surface area (Å²) in [6.45, 7) is 5.45. The third kappa shape index (κ3) is 5.65. The van der Waals surface area contributed by atoms with Gasteiger partial charge in [-0.25, -0.2) is 4.79 Å². The van der Waals surface area contributed by atoms with E-state index in [0.29, 0.717) is 0 Å². The molecule has 0 heterocycles. The lowest BCUT2D eigenvalue weighted by Gasteiger charge is -2.29. The number of nitrogens with zero attached hydrogens (tertiary/aromatic N) is 1. The Balaban J connectivity index is 2.35. The van der Waals surface area contributed by atoms with Gasteiger partial charge in [-0.15, -0.1) is 0 Å². The predicted molar refractivity (Wildman–Crippen MR) is 98.1 cm³/mol. The van der Waals surface area contributed by atoms with Gasteiger partial charge in [0.15, 0.2) is 0 Å². The minimum Gasteiger partial charge on any atom is -0.444 e. The van der Waals surface area contributed by atoms with Gasteiger partial charge < -0.3 is 10.1 Å². The molecule has 0 aliphatic rings. The van der Waals surface area contributed by atoms with Crippen LogP contribution in [0.2, 0.25) is 0 Å². The zero-order chi connectivity index (χ0) is 18.3. The van der Waals surface area contributed by atoms with Crippen LogP contribution in [0, 0.1) is 11.3 Å². The number of hydrogen-bond acceptors (Lipinski definition) is 3. The number of nitriles is 1. The largest absolute Gasteiger partial charge is 0.444 e. The van der Waals surface area contributed by atoms with Crippen molar-refractivity contribution in [3.63, 3.8) is 0 Å². The van der Waals surface area contributed by atoms with Gasteiger partial charge in [0.05, 0.1) is 18.5 Å². The van der Waals surface area contributed by atoms with Crippen LogP contribution in [0.4, 0.5) is 4.79 Å². The second kappa shape index (κ2) is 8.34. The molecule has 2 aromatic rings. The average molecular weight is 336 g/mol. The smallest absolute Gasteiger partial charge is 0.407 e. The molecule has 0 radical (unpaired) electrons. The Hall–Kier alpha value is -2.80. The number of benzene rings is 2. The van der Waals surface area contributed by atoms with Gasteiger partial charge in [0.2, 0.25) is 0 Å². The van der Waals surface area contributed by atoms with E-state index in [1.165, 1.54) is 0 Å². The third-order valence-corrected chi connectivity index (χ3v) is 3.73. The predicted octanol–water partition coefficient (Wildman–Crippen LogP) is 4.63. The lowest BCUT2D eigenvalue weighted by molar-refractivity contribution is 0.0501. The van der Waals surface area contributed by atoms with Crippen LogP contribution >= 0.6 is 0 Å². The first-order valence-corrected chi connectivity index (χ1v) is 8.37. The molecule has 1 amide bonds. The van der Waals surface area contributed by atoms with Crippen molar-refractivity contribution < 1.29 is 9.53 Å². The molecule has 0 aromatic heterocycles. The molecule has 0 bridgehead atoms. The van der Waals surface area contributed by atoms with Crippen molar-refractivity contribution in [1.29, 1.82) is 5.26 Å². The number of amides is 1. The lowest BCUT2D eigenvalue weighted by Crippen LogP contribution is -2.42. The Kier molecular flexibility index (Phi) is 6.19. The summed E-state index contributed by atoms with van der Waals surface area (Å²) in [4.78, 5) is 12.3. The van der Waals surface area contributed by atoms with E-state index in [-0.39, 0.29) is 18.4 Å². The van der Waals surface area contributed by atoms with Crippen molar-refractivity contribution in [3.05, 3.63) is 71.8 Å². The molecule has 2 rings (SSSR count). The molecule has 4 nitrogen and oxygen atoms in total. The van der Waals surface area contributed by atoms with Crippen LogP contribution in [-0.4, -0.2) is 17.7 Å². The van der Waals surface area contributed by atoms with E-state index in [0.717, 1.165) is 11.1 Å². The molecular weight excluding hydrogens is 312 g/mol. The summed E-state index contributed by atoms with van der Waals surface area (Å²) in [5.41, 5.74) is 1.51. The van der Waals surface area contributed by atoms with Gasteiger partial charge in [-0.1, -0.05) is 60.7 Å².